The molecule has 1 aliphatic heterocycles. The highest BCUT2D eigenvalue weighted by Crippen LogP contribution is 2.24. The van der Waals surface area contributed by atoms with Gasteiger partial charge in [-0.3, -0.25) is 0 Å². The predicted octanol–water partition coefficient (Wildman–Crippen LogP) is 3.38. The van der Waals surface area contributed by atoms with Gasteiger partial charge in [0.1, 0.15) is 5.82 Å². The average Bonchev–Trinajstić information content (AvgIpc) is 2.71. The molecule has 0 aromatic heterocycles. The Balaban J connectivity index is 2.18. The third-order valence-electron chi connectivity index (χ3n) is 3.00. The third-order valence-corrected chi connectivity index (χ3v) is 3.00. The van der Waals surface area contributed by atoms with E-state index in [-0.39, 0.29) is 5.82 Å². The van der Waals surface area contributed by atoms with Crippen LogP contribution in [-0.4, -0.2) is 13.1 Å². The monoisotopic (exact) mass is 207 g/mol. The summed E-state index contributed by atoms with van der Waals surface area (Å²) >= 11 is 0. The van der Waals surface area contributed by atoms with Crippen molar-refractivity contribution in [2.24, 2.45) is 0 Å². The summed E-state index contributed by atoms with van der Waals surface area (Å²) in [4.78, 5) is 2.14. The lowest BCUT2D eigenvalue weighted by molar-refractivity contribution is 0.620. The number of rotatable bonds is 3. The van der Waals surface area contributed by atoms with Gasteiger partial charge in [-0.1, -0.05) is 19.4 Å². The molecule has 2 rings (SSSR count). The molecule has 1 aromatic rings. The first-order valence-corrected chi connectivity index (χ1v) is 5.84. The molecule has 1 heterocycles. The van der Waals surface area contributed by atoms with E-state index in [4.69, 9.17) is 0 Å². The van der Waals surface area contributed by atoms with E-state index in [0.717, 1.165) is 37.2 Å². The summed E-state index contributed by atoms with van der Waals surface area (Å²) in [6, 6.07) is 5.68. The van der Waals surface area contributed by atoms with Gasteiger partial charge in [0, 0.05) is 13.1 Å². The topological polar surface area (TPSA) is 3.24 Å². The normalized spacial score (nSPS) is 16.0. The van der Waals surface area contributed by atoms with Crippen LogP contribution in [0.5, 0.6) is 0 Å². The highest BCUT2D eigenvalue weighted by molar-refractivity contribution is 5.49. The van der Waals surface area contributed by atoms with Gasteiger partial charge in [0.15, 0.2) is 0 Å². The summed E-state index contributed by atoms with van der Waals surface area (Å²) in [5.41, 5.74) is 1.89. The zero-order valence-electron chi connectivity index (χ0n) is 9.30. The fraction of sp³-hybridized carbons (Fsp3) is 0.538. The van der Waals surface area contributed by atoms with E-state index >= 15 is 0 Å². The minimum atomic E-state index is -0.0529. The molecule has 0 amide bonds. The number of hydrogen-bond acceptors (Lipinski definition) is 1. The maximum Gasteiger partial charge on any atom is 0.146 e. The molecule has 0 radical (unpaired) electrons. The Kier molecular flexibility index (Phi) is 3.24. The molecule has 1 aliphatic rings. The van der Waals surface area contributed by atoms with Crippen LogP contribution >= 0.6 is 0 Å². The second kappa shape index (κ2) is 4.65. The van der Waals surface area contributed by atoms with E-state index in [9.17, 15) is 4.39 Å². The lowest BCUT2D eigenvalue weighted by Crippen LogP contribution is -2.18. The molecule has 0 aliphatic carbocycles. The first-order chi connectivity index (χ1) is 7.31. The Hall–Kier alpha value is -1.05. The van der Waals surface area contributed by atoms with Gasteiger partial charge in [-0.05, 0) is 37.0 Å². The third kappa shape index (κ3) is 2.31. The molecule has 0 unspecified atom stereocenters. The summed E-state index contributed by atoms with van der Waals surface area (Å²) in [6.45, 7) is 4.13. The van der Waals surface area contributed by atoms with E-state index in [2.05, 4.69) is 17.9 Å². The number of hydrogen-bond donors (Lipinski definition) is 0. The van der Waals surface area contributed by atoms with Crippen LogP contribution in [0, 0.1) is 5.82 Å². The standard InChI is InChI=1S/C13H18FN/c1-2-5-11-6-7-13(12(14)10-11)15-8-3-4-9-15/h6-7,10H,2-5,8-9H2,1H3. The van der Waals surface area contributed by atoms with E-state index < -0.39 is 0 Å². The van der Waals surface area contributed by atoms with Crippen LogP contribution in [0.1, 0.15) is 31.7 Å². The Morgan fingerprint density at radius 1 is 1.27 bits per heavy atom. The van der Waals surface area contributed by atoms with Gasteiger partial charge in [0.25, 0.3) is 0 Å². The summed E-state index contributed by atoms with van der Waals surface area (Å²) in [5.74, 6) is -0.0529. The van der Waals surface area contributed by atoms with Crippen molar-refractivity contribution in [3.05, 3.63) is 29.6 Å². The Morgan fingerprint density at radius 2 is 2.00 bits per heavy atom. The highest BCUT2D eigenvalue weighted by atomic mass is 19.1. The average molecular weight is 207 g/mol. The first-order valence-electron chi connectivity index (χ1n) is 5.84. The van der Waals surface area contributed by atoms with Crippen molar-refractivity contribution in [2.75, 3.05) is 18.0 Å². The zero-order valence-corrected chi connectivity index (χ0v) is 9.30. The number of aryl methyl sites for hydroxylation is 1. The predicted molar refractivity (Wildman–Crippen MR) is 61.8 cm³/mol. The minimum Gasteiger partial charge on any atom is -0.369 e. The number of anilines is 1. The van der Waals surface area contributed by atoms with Gasteiger partial charge >= 0.3 is 0 Å². The van der Waals surface area contributed by atoms with E-state index in [1.807, 2.05) is 6.07 Å². The van der Waals surface area contributed by atoms with E-state index in [1.54, 1.807) is 6.07 Å². The van der Waals surface area contributed by atoms with Crippen molar-refractivity contribution in [1.82, 2.24) is 0 Å². The van der Waals surface area contributed by atoms with Crippen molar-refractivity contribution in [3.63, 3.8) is 0 Å². The summed E-state index contributed by atoms with van der Waals surface area (Å²) in [6.07, 6.45) is 4.42. The minimum absolute atomic E-state index is 0.0529. The van der Waals surface area contributed by atoms with E-state index in [0.29, 0.717) is 0 Å². The molecule has 1 saturated heterocycles. The first kappa shape index (κ1) is 10.5. The number of nitrogens with zero attached hydrogens (tertiary/aromatic N) is 1. The Morgan fingerprint density at radius 3 is 2.60 bits per heavy atom. The molecular formula is C13H18FN. The number of halogens is 1. The zero-order chi connectivity index (χ0) is 10.7. The fourth-order valence-electron chi connectivity index (χ4n) is 2.21. The van der Waals surface area contributed by atoms with Gasteiger partial charge in [0.05, 0.1) is 5.69 Å². The van der Waals surface area contributed by atoms with Gasteiger partial charge in [-0.25, -0.2) is 4.39 Å². The molecule has 0 spiro atoms. The largest absolute Gasteiger partial charge is 0.369 e. The summed E-state index contributed by atoms with van der Waals surface area (Å²) in [5, 5.41) is 0. The maximum absolute atomic E-state index is 13.8. The molecule has 82 valence electrons. The second-order valence-corrected chi connectivity index (χ2v) is 4.23. The van der Waals surface area contributed by atoms with Crippen molar-refractivity contribution in [2.45, 2.75) is 32.6 Å². The Labute approximate surface area is 90.9 Å². The van der Waals surface area contributed by atoms with Crippen molar-refractivity contribution >= 4 is 5.69 Å². The van der Waals surface area contributed by atoms with Crippen LogP contribution in [0.4, 0.5) is 10.1 Å². The van der Waals surface area contributed by atoms with Crippen LogP contribution in [0.2, 0.25) is 0 Å². The van der Waals surface area contributed by atoms with Crippen LogP contribution < -0.4 is 4.90 Å². The molecule has 1 aromatic carbocycles. The van der Waals surface area contributed by atoms with Crippen LogP contribution in [-0.2, 0) is 6.42 Å². The van der Waals surface area contributed by atoms with Gasteiger partial charge in [0.2, 0.25) is 0 Å². The van der Waals surface area contributed by atoms with Gasteiger partial charge in [-0.15, -0.1) is 0 Å². The smallest absolute Gasteiger partial charge is 0.146 e. The lowest BCUT2D eigenvalue weighted by Gasteiger charge is -2.18. The summed E-state index contributed by atoms with van der Waals surface area (Å²) in [7, 11) is 0. The molecule has 0 saturated carbocycles. The fourth-order valence-corrected chi connectivity index (χ4v) is 2.21. The van der Waals surface area contributed by atoms with Crippen molar-refractivity contribution in [1.29, 1.82) is 0 Å². The molecule has 2 heteroatoms. The van der Waals surface area contributed by atoms with Gasteiger partial charge < -0.3 is 4.90 Å². The van der Waals surface area contributed by atoms with Crippen LogP contribution in [0.3, 0.4) is 0 Å². The van der Waals surface area contributed by atoms with Crippen LogP contribution in [0.25, 0.3) is 0 Å². The van der Waals surface area contributed by atoms with E-state index in [1.165, 1.54) is 12.8 Å². The highest BCUT2D eigenvalue weighted by Gasteiger charge is 2.15. The van der Waals surface area contributed by atoms with Gasteiger partial charge in [-0.2, -0.15) is 0 Å². The molecular weight excluding hydrogens is 189 g/mol. The molecule has 1 nitrogen and oxygen atoms in total. The molecule has 15 heavy (non-hydrogen) atoms. The second-order valence-electron chi connectivity index (χ2n) is 4.23. The number of benzene rings is 1. The van der Waals surface area contributed by atoms with Crippen molar-refractivity contribution in [3.8, 4) is 0 Å². The molecule has 0 bridgehead atoms. The maximum atomic E-state index is 13.8. The molecule has 1 fully saturated rings. The SMILES string of the molecule is CCCc1ccc(N2CCCC2)c(F)c1. The van der Waals surface area contributed by atoms with Crippen LogP contribution in [0.15, 0.2) is 18.2 Å². The Bertz CT molecular complexity index is 329. The summed E-state index contributed by atoms with van der Waals surface area (Å²) < 4.78 is 13.8. The quantitative estimate of drug-likeness (QED) is 0.734. The molecule has 0 N–H and O–H groups in total. The van der Waals surface area contributed by atoms with Crippen molar-refractivity contribution < 1.29 is 4.39 Å². The molecule has 0 atom stereocenters. The lowest BCUT2D eigenvalue weighted by atomic mass is 10.1.